The van der Waals surface area contributed by atoms with Gasteiger partial charge in [-0.15, -0.1) is 11.3 Å². The molecular weight excluding hydrogens is 192 g/mol. The zero-order valence-electron chi connectivity index (χ0n) is 8.07. The van der Waals surface area contributed by atoms with E-state index in [1.54, 1.807) is 11.3 Å². The van der Waals surface area contributed by atoms with Crippen molar-refractivity contribution in [1.82, 2.24) is 5.32 Å². The SMILES string of the molecule is N#CC(c1cccs1)C1CCCNC1. The minimum Gasteiger partial charge on any atom is -0.316 e. The fourth-order valence-electron chi connectivity index (χ4n) is 2.03. The minimum atomic E-state index is 0.0998. The fourth-order valence-corrected chi connectivity index (χ4v) is 2.90. The van der Waals surface area contributed by atoms with Gasteiger partial charge in [0.25, 0.3) is 0 Å². The second kappa shape index (κ2) is 4.59. The largest absolute Gasteiger partial charge is 0.316 e. The van der Waals surface area contributed by atoms with Crippen molar-refractivity contribution in [2.45, 2.75) is 18.8 Å². The molecule has 1 aromatic rings. The van der Waals surface area contributed by atoms with E-state index in [-0.39, 0.29) is 5.92 Å². The predicted molar refractivity (Wildman–Crippen MR) is 58.3 cm³/mol. The number of hydrogen-bond acceptors (Lipinski definition) is 3. The molecule has 0 radical (unpaired) electrons. The van der Waals surface area contributed by atoms with E-state index in [0.29, 0.717) is 5.92 Å². The lowest BCUT2D eigenvalue weighted by atomic mass is 9.86. The van der Waals surface area contributed by atoms with Gasteiger partial charge in [-0.1, -0.05) is 6.07 Å². The van der Waals surface area contributed by atoms with Crippen LogP contribution >= 0.6 is 11.3 Å². The normalized spacial score (nSPS) is 24.1. The van der Waals surface area contributed by atoms with Crippen LogP contribution in [0.2, 0.25) is 0 Å². The van der Waals surface area contributed by atoms with Crippen LogP contribution in [0, 0.1) is 17.2 Å². The number of piperidine rings is 1. The molecule has 0 aliphatic carbocycles. The van der Waals surface area contributed by atoms with Crippen LogP contribution < -0.4 is 5.32 Å². The van der Waals surface area contributed by atoms with E-state index < -0.39 is 0 Å². The van der Waals surface area contributed by atoms with Crippen LogP contribution in [-0.4, -0.2) is 13.1 Å². The van der Waals surface area contributed by atoms with Gasteiger partial charge in [0.15, 0.2) is 0 Å². The molecular formula is C11H14N2S. The van der Waals surface area contributed by atoms with E-state index in [1.807, 2.05) is 6.07 Å². The van der Waals surface area contributed by atoms with Crippen molar-refractivity contribution in [2.75, 3.05) is 13.1 Å². The molecule has 1 N–H and O–H groups in total. The van der Waals surface area contributed by atoms with E-state index >= 15 is 0 Å². The summed E-state index contributed by atoms with van der Waals surface area (Å²) in [7, 11) is 0. The zero-order valence-corrected chi connectivity index (χ0v) is 8.89. The smallest absolute Gasteiger partial charge is 0.0846 e. The molecule has 2 atom stereocenters. The van der Waals surface area contributed by atoms with Gasteiger partial charge in [-0.25, -0.2) is 0 Å². The first-order valence-electron chi connectivity index (χ1n) is 5.05. The molecule has 1 fully saturated rings. The maximum Gasteiger partial charge on any atom is 0.0846 e. The molecule has 2 unspecified atom stereocenters. The van der Waals surface area contributed by atoms with Gasteiger partial charge in [-0.3, -0.25) is 0 Å². The molecule has 0 amide bonds. The number of nitrogens with zero attached hydrogens (tertiary/aromatic N) is 1. The van der Waals surface area contributed by atoms with E-state index in [2.05, 4.69) is 22.8 Å². The Hall–Kier alpha value is -0.850. The summed E-state index contributed by atoms with van der Waals surface area (Å²) in [4.78, 5) is 1.22. The van der Waals surface area contributed by atoms with E-state index in [1.165, 1.54) is 17.7 Å². The average Bonchev–Trinajstić information content (AvgIpc) is 2.74. The van der Waals surface area contributed by atoms with Crippen molar-refractivity contribution in [1.29, 1.82) is 5.26 Å². The fraction of sp³-hybridized carbons (Fsp3) is 0.545. The first kappa shape index (κ1) is 9.70. The predicted octanol–water partition coefficient (Wildman–Crippen LogP) is 2.35. The summed E-state index contributed by atoms with van der Waals surface area (Å²) >= 11 is 1.70. The van der Waals surface area contributed by atoms with Crippen LogP contribution in [0.25, 0.3) is 0 Å². The third-order valence-corrected chi connectivity index (χ3v) is 3.75. The molecule has 1 aliphatic heterocycles. The molecule has 0 bridgehead atoms. The van der Waals surface area contributed by atoms with E-state index in [4.69, 9.17) is 0 Å². The zero-order chi connectivity index (χ0) is 9.80. The molecule has 0 aromatic carbocycles. The van der Waals surface area contributed by atoms with Gasteiger partial charge >= 0.3 is 0 Å². The van der Waals surface area contributed by atoms with Gasteiger partial charge in [-0.05, 0) is 43.3 Å². The molecule has 2 heterocycles. The number of thiophene rings is 1. The Morgan fingerprint density at radius 2 is 2.57 bits per heavy atom. The monoisotopic (exact) mass is 206 g/mol. The van der Waals surface area contributed by atoms with Crippen molar-refractivity contribution in [3.05, 3.63) is 22.4 Å². The minimum absolute atomic E-state index is 0.0998. The van der Waals surface area contributed by atoms with Crippen molar-refractivity contribution in [3.63, 3.8) is 0 Å². The lowest BCUT2D eigenvalue weighted by molar-refractivity contribution is 0.357. The standard InChI is InChI=1S/C11H14N2S/c12-7-10(11-4-2-6-14-11)9-3-1-5-13-8-9/h2,4,6,9-10,13H,1,3,5,8H2. The van der Waals surface area contributed by atoms with Crippen molar-refractivity contribution >= 4 is 11.3 Å². The van der Waals surface area contributed by atoms with Gasteiger partial charge in [0.05, 0.1) is 12.0 Å². The molecule has 2 nitrogen and oxygen atoms in total. The highest BCUT2D eigenvalue weighted by atomic mass is 32.1. The molecule has 2 rings (SSSR count). The van der Waals surface area contributed by atoms with Crippen LogP contribution in [-0.2, 0) is 0 Å². The number of nitriles is 1. The van der Waals surface area contributed by atoms with Crippen molar-refractivity contribution < 1.29 is 0 Å². The molecule has 1 aliphatic rings. The first-order chi connectivity index (χ1) is 6.92. The summed E-state index contributed by atoms with van der Waals surface area (Å²) < 4.78 is 0. The highest BCUT2D eigenvalue weighted by Crippen LogP contribution is 2.31. The number of rotatable bonds is 2. The van der Waals surface area contributed by atoms with Crippen LogP contribution in [0.15, 0.2) is 17.5 Å². The summed E-state index contributed by atoms with van der Waals surface area (Å²) in [6.45, 7) is 2.11. The van der Waals surface area contributed by atoms with Crippen LogP contribution in [0.1, 0.15) is 23.6 Å². The number of hydrogen-bond donors (Lipinski definition) is 1. The molecule has 74 valence electrons. The average molecular weight is 206 g/mol. The molecule has 0 spiro atoms. The number of nitrogens with one attached hydrogen (secondary N) is 1. The van der Waals surface area contributed by atoms with Gasteiger partial charge in [0.2, 0.25) is 0 Å². The lowest BCUT2D eigenvalue weighted by Gasteiger charge is -2.25. The third-order valence-electron chi connectivity index (χ3n) is 2.80. The van der Waals surface area contributed by atoms with Crippen molar-refractivity contribution in [3.8, 4) is 6.07 Å². The quantitative estimate of drug-likeness (QED) is 0.806. The Balaban J connectivity index is 2.09. The molecule has 3 heteroatoms. The highest BCUT2D eigenvalue weighted by molar-refractivity contribution is 7.10. The second-order valence-corrected chi connectivity index (χ2v) is 4.71. The molecule has 1 saturated heterocycles. The maximum absolute atomic E-state index is 9.18. The Kier molecular flexibility index (Phi) is 3.18. The van der Waals surface area contributed by atoms with Crippen LogP contribution in [0.4, 0.5) is 0 Å². The summed E-state index contributed by atoms with van der Waals surface area (Å²) in [5, 5.41) is 14.6. The summed E-state index contributed by atoms with van der Waals surface area (Å²) in [6.07, 6.45) is 2.39. The van der Waals surface area contributed by atoms with Gasteiger partial charge in [-0.2, -0.15) is 5.26 Å². The second-order valence-electron chi connectivity index (χ2n) is 3.73. The van der Waals surface area contributed by atoms with Gasteiger partial charge in [0.1, 0.15) is 0 Å². The summed E-state index contributed by atoms with van der Waals surface area (Å²) in [5.74, 6) is 0.607. The van der Waals surface area contributed by atoms with Crippen LogP contribution in [0.3, 0.4) is 0 Å². The summed E-state index contributed by atoms with van der Waals surface area (Å²) in [5.41, 5.74) is 0. The Bertz CT molecular complexity index is 307. The Morgan fingerprint density at radius 1 is 1.64 bits per heavy atom. The summed E-state index contributed by atoms with van der Waals surface area (Å²) in [6, 6.07) is 6.55. The topological polar surface area (TPSA) is 35.8 Å². The molecule has 14 heavy (non-hydrogen) atoms. The van der Waals surface area contributed by atoms with Gasteiger partial charge in [0, 0.05) is 4.88 Å². The van der Waals surface area contributed by atoms with E-state index in [9.17, 15) is 5.26 Å². The Labute approximate surface area is 88.6 Å². The maximum atomic E-state index is 9.18. The van der Waals surface area contributed by atoms with E-state index in [0.717, 1.165) is 13.1 Å². The Morgan fingerprint density at radius 3 is 3.14 bits per heavy atom. The highest BCUT2D eigenvalue weighted by Gasteiger charge is 2.25. The third kappa shape index (κ3) is 1.97. The van der Waals surface area contributed by atoms with Crippen LogP contribution in [0.5, 0.6) is 0 Å². The lowest BCUT2D eigenvalue weighted by Crippen LogP contribution is -2.32. The molecule has 0 saturated carbocycles. The van der Waals surface area contributed by atoms with Gasteiger partial charge < -0.3 is 5.32 Å². The van der Waals surface area contributed by atoms with Crippen molar-refractivity contribution in [2.24, 2.45) is 5.92 Å². The first-order valence-corrected chi connectivity index (χ1v) is 5.93. The molecule has 1 aromatic heterocycles.